The summed E-state index contributed by atoms with van der Waals surface area (Å²) in [6, 6.07) is 0. The Morgan fingerprint density at radius 1 is 0.682 bits per heavy atom. The van der Waals surface area contributed by atoms with Gasteiger partial charge >= 0.3 is 0 Å². The summed E-state index contributed by atoms with van der Waals surface area (Å²) < 4.78 is 2.86. The lowest BCUT2D eigenvalue weighted by atomic mass is 10.1. The molecule has 0 bridgehead atoms. The normalized spacial score (nSPS) is 10.2. The van der Waals surface area contributed by atoms with Crippen LogP contribution in [-0.2, 0) is 0 Å². The van der Waals surface area contributed by atoms with E-state index >= 15 is 0 Å². The molecule has 0 saturated heterocycles. The molecule has 0 aliphatic rings. The van der Waals surface area contributed by atoms with Crippen LogP contribution in [0, 0.1) is 58.9 Å². The van der Waals surface area contributed by atoms with Gasteiger partial charge in [-0.2, -0.15) is 9.46 Å². The van der Waals surface area contributed by atoms with E-state index in [1.54, 1.807) is 12.4 Å². The van der Waals surface area contributed by atoms with E-state index in [0.29, 0.717) is 0 Å². The molecule has 0 radical (unpaired) electrons. The van der Waals surface area contributed by atoms with Gasteiger partial charge < -0.3 is 10.4 Å². The molecule has 0 saturated carbocycles. The topological polar surface area (TPSA) is 53.9 Å². The highest BCUT2D eigenvalue weighted by molar-refractivity contribution is 9.10. The van der Waals surface area contributed by atoms with Crippen LogP contribution < -0.4 is 9.46 Å². The SMILES string of the molecule is Cc1c[n+]([O-])c(C)c(C)c1Br.Cc1c[n+]([O-])c(C)c(C)c1C. The predicted octanol–water partition coefficient (Wildman–Crippen LogP) is 3.56. The monoisotopic (exact) mass is 366 g/mol. The Morgan fingerprint density at radius 3 is 1.59 bits per heavy atom. The van der Waals surface area contributed by atoms with Crippen molar-refractivity contribution in [2.75, 3.05) is 0 Å². The average molecular weight is 367 g/mol. The number of rotatable bonds is 0. The maximum Gasteiger partial charge on any atom is 0.193 e. The zero-order chi connectivity index (χ0) is 17.2. The van der Waals surface area contributed by atoms with E-state index in [1.807, 2.05) is 48.5 Å². The lowest BCUT2D eigenvalue weighted by molar-refractivity contribution is -0.613. The summed E-state index contributed by atoms with van der Waals surface area (Å²) in [6.07, 6.45) is 3.20. The zero-order valence-electron chi connectivity index (χ0n) is 14.2. The minimum atomic E-state index is 0.752. The molecule has 2 rings (SSSR count). The van der Waals surface area contributed by atoms with Crippen molar-refractivity contribution >= 4 is 15.9 Å². The number of pyridine rings is 2. The Kier molecular flexibility index (Phi) is 5.94. The molecule has 2 heterocycles. The van der Waals surface area contributed by atoms with Crippen molar-refractivity contribution < 1.29 is 9.46 Å². The largest absolute Gasteiger partial charge is 0.618 e. The number of hydrogen-bond acceptors (Lipinski definition) is 2. The van der Waals surface area contributed by atoms with E-state index in [4.69, 9.17) is 0 Å². The summed E-state index contributed by atoms with van der Waals surface area (Å²) in [5.41, 5.74) is 6.91. The van der Waals surface area contributed by atoms with Crippen LogP contribution in [0.3, 0.4) is 0 Å². The van der Waals surface area contributed by atoms with E-state index in [1.165, 1.54) is 5.56 Å². The van der Waals surface area contributed by atoms with Gasteiger partial charge in [0.2, 0.25) is 0 Å². The molecule has 0 aliphatic carbocycles. The number of hydrogen-bond donors (Lipinski definition) is 0. The maximum absolute atomic E-state index is 11.1. The molecule has 22 heavy (non-hydrogen) atoms. The van der Waals surface area contributed by atoms with Crippen molar-refractivity contribution in [2.24, 2.45) is 0 Å². The molecule has 0 N–H and O–H groups in total. The minimum Gasteiger partial charge on any atom is -0.618 e. The Hall–Kier alpha value is -1.62. The molecule has 0 aromatic carbocycles. The molecule has 0 aliphatic heterocycles. The molecule has 0 atom stereocenters. The lowest BCUT2D eigenvalue weighted by Gasteiger charge is -2.07. The smallest absolute Gasteiger partial charge is 0.193 e. The summed E-state index contributed by atoms with van der Waals surface area (Å²) in [6.45, 7) is 13.5. The third-order valence-corrected chi connectivity index (χ3v) is 5.42. The van der Waals surface area contributed by atoms with E-state index in [-0.39, 0.29) is 0 Å². The van der Waals surface area contributed by atoms with Gasteiger partial charge in [0.1, 0.15) is 0 Å². The zero-order valence-corrected chi connectivity index (χ0v) is 15.8. The fourth-order valence-corrected chi connectivity index (χ4v) is 2.44. The Labute approximate surface area is 140 Å². The Balaban J connectivity index is 0.000000220. The van der Waals surface area contributed by atoms with Crippen LogP contribution in [0.25, 0.3) is 0 Å². The molecule has 0 fully saturated rings. The van der Waals surface area contributed by atoms with Crippen LogP contribution in [0.1, 0.15) is 39.2 Å². The summed E-state index contributed by atoms with van der Waals surface area (Å²) in [4.78, 5) is 0. The van der Waals surface area contributed by atoms with Crippen molar-refractivity contribution in [3.63, 3.8) is 0 Å². The van der Waals surface area contributed by atoms with Gasteiger partial charge in [0.05, 0.1) is 0 Å². The van der Waals surface area contributed by atoms with Gasteiger partial charge in [-0.15, -0.1) is 0 Å². The fraction of sp³-hybridized carbons (Fsp3) is 0.412. The highest BCUT2D eigenvalue weighted by atomic mass is 79.9. The highest BCUT2D eigenvalue weighted by Crippen LogP contribution is 2.20. The molecule has 5 heteroatoms. The van der Waals surface area contributed by atoms with E-state index in [0.717, 1.165) is 47.6 Å². The van der Waals surface area contributed by atoms with Crippen LogP contribution in [0.5, 0.6) is 0 Å². The van der Waals surface area contributed by atoms with Crippen molar-refractivity contribution in [1.82, 2.24) is 0 Å². The Bertz CT molecular complexity index is 599. The summed E-state index contributed by atoms with van der Waals surface area (Å²) in [7, 11) is 0. The fourth-order valence-electron chi connectivity index (χ4n) is 2.05. The number of aromatic nitrogens is 2. The van der Waals surface area contributed by atoms with Crippen molar-refractivity contribution in [2.45, 2.75) is 48.5 Å². The summed E-state index contributed by atoms with van der Waals surface area (Å²) >= 11 is 3.41. The standard InChI is InChI=1S/C9H13NO.C8H10BrNO/c1-6-5-10(11)9(4)8(3)7(6)2;1-5-4-10(11)7(3)6(2)8(5)9/h5H,1-4H3;4H,1-3H3. The van der Waals surface area contributed by atoms with Gasteiger partial charge in [-0.3, -0.25) is 0 Å². The molecule has 4 nitrogen and oxygen atoms in total. The third kappa shape index (κ3) is 3.77. The second-order valence-electron chi connectivity index (χ2n) is 5.64. The molecular formula is C17H23BrN2O2. The van der Waals surface area contributed by atoms with Gasteiger partial charge in [-0.1, -0.05) is 0 Å². The van der Waals surface area contributed by atoms with Crippen molar-refractivity contribution in [3.05, 3.63) is 66.5 Å². The van der Waals surface area contributed by atoms with Crippen LogP contribution in [0.15, 0.2) is 16.9 Å². The van der Waals surface area contributed by atoms with Crippen LogP contribution in [0.4, 0.5) is 0 Å². The van der Waals surface area contributed by atoms with Crippen LogP contribution in [0.2, 0.25) is 0 Å². The minimum absolute atomic E-state index is 0.752. The van der Waals surface area contributed by atoms with Gasteiger partial charge in [-0.25, -0.2) is 0 Å². The summed E-state index contributed by atoms with van der Waals surface area (Å²) in [5.74, 6) is 0. The van der Waals surface area contributed by atoms with Crippen LogP contribution >= 0.6 is 15.9 Å². The van der Waals surface area contributed by atoms with Gasteiger partial charge in [-0.05, 0) is 56.1 Å². The first-order valence-electron chi connectivity index (χ1n) is 7.10. The molecule has 2 aromatic rings. The molecular weight excluding hydrogens is 344 g/mol. The number of halogens is 1. The van der Waals surface area contributed by atoms with Gasteiger partial charge in [0, 0.05) is 40.6 Å². The van der Waals surface area contributed by atoms with E-state index < -0.39 is 0 Å². The molecule has 120 valence electrons. The van der Waals surface area contributed by atoms with Crippen molar-refractivity contribution in [3.8, 4) is 0 Å². The molecule has 0 spiro atoms. The second-order valence-corrected chi connectivity index (χ2v) is 6.43. The first kappa shape index (κ1) is 18.4. The molecule has 2 aromatic heterocycles. The number of aryl methyl sites for hydroxylation is 2. The number of nitrogens with zero attached hydrogens (tertiary/aromatic N) is 2. The first-order chi connectivity index (χ1) is 10.1. The van der Waals surface area contributed by atoms with E-state index in [2.05, 4.69) is 15.9 Å². The predicted molar refractivity (Wildman–Crippen MR) is 91.7 cm³/mol. The third-order valence-electron chi connectivity index (χ3n) is 4.20. The quantitative estimate of drug-likeness (QED) is 0.528. The van der Waals surface area contributed by atoms with E-state index in [9.17, 15) is 10.4 Å². The second kappa shape index (κ2) is 7.09. The summed E-state index contributed by atoms with van der Waals surface area (Å²) in [5, 5.41) is 22.2. The van der Waals surface area contributed by atoms with Crippen molar-refractivity contribution in [1.29, 1.82) is 0 Å². The first-order valence-corrected chi connectivity index (χ1v) is 7.89. The Morgan fingerprint density at radius 2 is 1.09 bits per heavy atom. The van der Waals surface area contributed by atoms with Crippen LogP contribution in [-0.4, -0.2) is 0 Å². The lowest BCUT2D eigenvalue weighted by Crippen LogP contribution is -2.31. The highest BCUT2D eigenvalue weighted by Gasteiger charge is 2.10. The maximum atomic E-state index is 11.1. The van der Waals surface area contributed by atoms with Gasteiger partial charge in [0.15, 0.2) is 23.8 Å². The molecule has 0 amide bonds. The average Bonchev–Trinajstić information content (AvgIpc) is 2.47. The van der Waals surface area contributed by atoms with Gasteiger partial charge in [0.25, 0.3) is 0 Å². The molecule has 0 unspecified atom stereocenters.